The minimum absolute atomic E-state index is 0.759. The Morgan fingerprint density at radius 3 is 2.40 bits per heavy atom. The van der Waals surface area contributed by atoms with Gasteiger partial charge in [-0.3, -0.25) is 0 Å². The fourth-order valence-electron chi connectivity index (χ4n) is 1.61. The van der Waals surface area contributed by atoms with Gasteiger partial charge in [0.15, 0.2) is 0 Å². The van der Waals surface area contributed by atoms with Crippen LogP contribution in [0.4, 0.5) is 0 Å². The zero-order valence-corrected chi connectivity index (χ0v) is 11.1. The molecule has 0 saturated carbocycles. The average Bonchev–Trinajstić information content (AvgIpc) is 2.15. The van der Waals surface area contributed by atoms with E-state index in [-0.39, 0.29) is 0 Å². The third-order valence-corrected chi connectivity index (χ3v) is 2.90. The van der Waals surface area contributed by atoms with Gasteiger partial charge < -0.3 is 10.1 Å². The zero-order valence-electron chi connectivity index (χ0n) is 9.56. The number of rotatable bonds is 5. The van der Waals surface area contributed by atoms with Crippen LogP contribution in [0.15, 0.2) is 16.6 Å². The van der Waals surface area contributed by atoms with E-state index in [4.69, 9.17) is 4.74 Å². The molecule has 0 fully saturated rings. The second kappa shape index (κ2) is 6.26. The predicted octanol–water partition coefficient (Wildman–Crippen LogP) is 2.80. The Bertz CT molecular complexity index is 302. The van der Waals surface area contributed by atoms with E-state index in [0.29, 0.717) is 0 Å². The smallest absolute Gasteiger partial charge is 0.0587 e. The number of hydrogen-bond donors (Lipinski definition) is 1. The molecule has 0 radical (unpaired) electrons. The van der Waals surface area contributed by atoms with Gasteiger partial charge in [0.1, 0.15) is 0 Å². The van der Waals surface area contributed by atoms with Crippen LogP contribution in [0.1, 0.15) is 16.7 Å². The molecule has 0 spiro atoms. The van der Waals surface area contributed by atoms with Gasteiger partial charge >= 0.3 is 0 Å². The zero-order chi connectivity index (χ0) is 11.3. The van der Waals surface area contributed by atoms with Crippen LogP contribution in [0.3, 0.4) is 0 Å². The van der Waals surface area contributed by atoms with Gasteiger partial charge in [0.2, 0.25) is 0 Å². The summed E-state index contributed by atoms with van der Waals surface area (Å²) >= 11 is 3.50. The van der Waals surface area contributed by atoms with E-state index in [1.807, 2.05) is 0 Å². The first-order valence-corrected chi connectivity index (χ1v) is 5.89. The second-order valence-corrected chi connectivity index (χ2v) is 4.60. The predicted molar refractivity (Wildman–Crippen MR) is 67.2 cm³/mol. The molecule has 15 heavy (non-hydrogen) atoms. The van der Waals surface area contributed by atoms with Crippen molar-refractivity contribution in [2.45, 2.75) is 20.4 Å². The van der Waals surface area contributed by atoms with Gasteiger partial charge in [-0.25, -0.2) is 0 Å². The van der Waals surface area contributed by atoms with E-state index in [0.717, 1.165) is 24.2 Å². The van der Waals surface area contributed by atoms with E-state index in [9.17, 15) is 0 Å². The number of nitrogens with one attached hydrogen (secondary N) is 1. The number of methoxy groups -OCH3 is 1. The first-order valence-electron chi connectivity index (χ1n) is 5.10. The quantitative estimate of drug-likeness (QED) is 0.832. The summed E-state index contributed by atoms with van der Waals surface area (Å²) in [6, 6.07) is 4.31. The lowest BCUT2D eigenvalue weighted by Gasteiger charge is -2.11. The van der Waals surface area contributed by atoms with E-state index in [1.165, 1.54) is 16.7 Å². The highest BCUT2D eigenvalue weighted by molar-refractivity contribution is 9.10. The minimum Gasteiger partial charge on any atom is -0.383 e. The van der Waals surface area contributed by atoms with E-state index >= 15 is 0 Å². The van der Waals surface area contributed by atoms with Crippen molar-refractivity contribution in [3.63, 3.8) is 0 Å². The summed E-state index contributed by atoms with van der Waals surface area (Å²) in [5.41, 5.74) is 4.04. The number of aryl methyl sites for hydroxylation is 2. The fraction of sp³-hybridized carbons (Fsp3) is 0.500. The van der Waals surface area contributed by atoms with Crippen LogP contribution in [-0.4, -0.2) is 20.3 Å². The Balaban J connectivity index is 2.60. The van der Waals surface area contributed by atoms with Crippen molar-refractivity contribution in [3.8, 4) is 0 Å². The molecule has 0 heterocycles. The first kappa shape index (κ1) is 12.7. The summed E-state index contributed by atoms with van der Waals surface area (Å²) in [4.78, 5) is 0. The van der Waals surface area contributed by atoms with Crippen LogP contribution in [0.2, 0.25) is 0 Å². The van der Waals surface area contributed by atoms with Crippen LogP contribution < -0.4 is 5.32 Å². The molecule has 0 amide bonds. The highest BCUT2D eigenvalue weighted by Gasteiger charge is 2.03. The monoisotopic (exact) mass is 271 g/mol. The van der Waals surface area contributed by atoms with Crippen molar-refractivity contribution >= 4 is 15.9 Å². The molecular formula is C12H18BrNO. The lowest BCUT2D eigenvalue weighted by atomic mass is 10.0. The van der Waals surface area contributed by atoms with Crippen molar-refractivity contribution in [1.82, 2.24) is 5.32 Å². The standard InChI is InChI=1S/C12H18BrNO/c1-9-6-11(13)7-10(2)12(9)8-14-4-5-15-3/h6-7,14H,4-5,8H2,1-3H3. The molecule has 0 bridgehead atoms. The lowest BCUT2D eigenvalue weighted by molar-refractivity contribution is 0.199. The number of halogens is 1. The van der Waals surface area contributed by atoms with Gasteiger partial charge in [-0.2, -0.15) is 0 Å². The summed E-state index contributed by atoms with van der Waals surface area (Å²) in [6.07, 6.45) is 0. The van der Waals surface area contributed by atoms with Crippen LogP contribution in [0.5, 0.6) is 0 Å². The normalized spacial score (nSPS) is 10.7. The van der Waals surface area contributed by atoms with Gasteiger partial charge in [0.25, 0.3) is 0 Å². The van der Waals surface area contributed by atoms with Gasteiger partial charge in [-0.1, -0.05) is 15.9 Å². The summed E-state index contributed by atoms with van der Waals surface area (Å²) in [7, 11) is 1.72. The maximum Gasteiger partial charge on any atom is 0.0587 e. The number of benzene rings is 1. The van der Waals surface area contributed by atoms with Crippen molar-refractivity contribution in [3.05, 3.63) is 33.3 Å². The van der Waals surface area contributed by atoms with E-state index < -0.39 is 0 Å². The summed E-state index contributed by atoms with van der Waals surface area (Å²) in [6.45, 7) is 6.85. The highest BCUT2D eigenvalue weighted by atomic mass is 79.9. The van der Waals surface area contributed by atoms with Crippen molar-refractivity contribution in [2.24, 2.45) is 0 Å². The summed E-state index contributed by atoms with van der Waals surface area (Å²) in [5.74, 6) is 0. The SMILES string of the molecule is COCCNCc1c(C)cc(Br)cc1C. The third kappa shape index (κ3) is 3.93. The third-order valence-electron chi connectivity index (χ3n) is 2.45. The average molecular weight is 272 g/mol. The number of hydrogen-bond acceptors (Lipinski definition) is 2. The molecule has 1 aromatic rings. The van der Waals surface area contributed by atoms with Crippen molar-refractivity contribution in [2.75, 3.05) is 20.3 Å². The minimum atomic E-state index is 0.759. The molecule has 84 valence electrons. The molecule has 1 N–H and O–H groups in total. The van der Waals surface area contributed by atoms with Crippen LogP contribution in [0.25, 0.3) is 0 Å². The molecule has 3 heteroatoms. The van der Waals surface area contributed by atoms with E-state index in [1.54, 1.807) is 7.11 Å². The maximum atomic E-state index is 4.99. The Labute approximate surface area is 100 Å². The van der Waals surface area contributed by atoms with Gasteiger partial charge in [-0.05, 0) is 42.7 Å². The van der Waals surface area contributed by atoms with Crippen LogP contribution in [0, 0.1) is 13.8 Å². The molecule has 0 aliphatic carbocycles. The molecule has 0 aromatic heterocycles. The van der Waals surface area contributed by atoms with Crippen molar-refractivity contribution in [1.29, 1.82) is 0 Å². The lowest BCUT2D eigenvalue weighted by Crippen LogP contribution is -2.19. The number of ether oxygens (including phenoxy) is 1. The molecule has 0 aliphatic heterocycles. The first-order chi connectivity index (χ1) is 7.15. The Hall–Kier alpha value is -0.380. The van der Waals surface area contributed by atoms with Crippen molar-refractivity contribution < 1.29 is 4.74 Å². The van der Waals surface area contributed by atoms with Gasteiger partial charge in [0, 0.05) is 24.7 Å². The molecule has 0 saturated heterocycles. The van der Waals surface area contributed by atoms with E-state index in [2.05, 4.69) is 47.2 Å². The fourth-order valence-corrected chi connectivity index (χ4v) is 2.29. The molecule has 0 atom stereocenters. The highest BCUT2D eigenvalue weighted by Crippen LogP contribution is 2.20. The molecule has 1 rings (SSSR count). The second-order valence-electron chi connectivity index (χ2n) is 3.69. The summed E-state index contributed by atoms with van der Waals surface area (Å²) < 4.78 is 6.14. The Kier molecular flexibility index (Phi) is 5.29. The maximum absolute atomic E-state index is 4.99. The summed E-state index contributed by atoms with van der Waals surface area (Å²) in [5, 5.41) is 3.36. The largest absolute Gasteiger partial charge is 0.383 e. The molecule has 2 nitrogen and oxygen atoms in total. The van der Waals surface area contributed by atoms with Gasteiger partial charge in [0.05, 0.1) is 6.61 Å². The molecule has 0 aliphatic rings. The van der Waals surface area contributed by atoms with Crippen LogP contribution >= 0.6 is 15.9 Å². The molecule has 1 aromatic carbocycles. The Morgan fingerprint density at radius 2 is 1.87 bits per heavy atom. The van der Waals surface area contributed by atoms with Crippen LogP contribution in [-0.2, 0) is 11.3 Å². The topological polar surface area (TPSA) is 21.3 Å². The molecular weight excluding hydrogens is 254 g/mol. The Morgan fingerprint density at radius 1 is 1.27 bits per heavy atom. The molecule has 0 unspecified atom stereocenters. The van der Waals surface area contributed by atoms with Gasteiger partial charge in [-0.15, -0.1) is 0 Å².